The van der Waals surface area contributed by atoms with Crippen molar-refractivity contribution in [2.75, 3.05) is 17.7 Å². The summed E-state index contributed by atoms with van der Waals surface area (Å²) in [5, 5.41) is 6.73. The van der Waals surface area contributed by atoms with Gasteiger partial charge in [-0.25, -0.2) is 4.98 Å². The zero-order valence-corrected chi connectivity index (χ0v) is 15.9. The van der Waals surface area contributed by atoms with E-state index in [0.717, 1.165) is 25.7 Å². The van der Waals surface area contributed by atoms with Gasteiger partial charge in [0.1, 0.15) is 5.82 Å². The summed E-state index contributed by atoms with van der Waals surface area (Å²) < 4.78 is 5.41. The van der Waals surface area contributed by atoms with Crippen molar-refractivity contribution in [1.29, 1.82) is 0 Å². The minimum atomic E-state index is -0.533. The van der Waals surface area contributed by atoms with E-state index in [2.05, 4.69) is 48.3 Å². The molecule has 1 aromatic rings. The van der Waals surface area contributed by atoms with Crippen molar-refractivity contribution in [1.82, 2.24) is 9.97 Å². The molecule has 1 saturated carbocycles. The molecule has 0 aromatic carbocycles. The van der Waals surface area contributed by atoms with Gasteiger partial charge in [-0.1, -0.05) is 13.8 Å². The predicted octanol–water partition coefficient (Wildman–Crippen LogP) is 2.79. The number of hydrogen-bond acceptors (Lipinski definition) is 6. The second-order valence-electron chi connectivity index (χ2n) is 7.68. The van der Waals surface area contributed by atoms with Crippen LogP contribution in [0.2, 0.25) is 0 Å². The van der Waals surface area contributed by atoms with Crippen molar-refractivity contribution in [3.05, 3.63) is 11.8 Å². The molecule has 0 saturated heterocycles. The fourth-order valence-corrected chi connectivity index (χ4v) is 2.80. The predicted molar refractivity (Wildman–Crippen MR) is 99.8 cm³/mol. The fourth-order valence-electron chi connectivity index (χ4n) is 2.80. The van der Waals surface area contributed by atoms with Crippen molar-refractivity contribution in [2.24, 2.45) is 11.7 Å². The van der Waals surface area contributed by atoms with E-state index < -0.39 is 5.91 Å². The average Bonchev–Trinajstić information content (AvgIpc) is 2.55. The van der Waals surface area contributed by atoms with Gasteiger partial charge in [0.15, 0.2) is 0 Å². The number of nitrogens with one attached hydrogen (secondary N) is 2. The van der Waals surface area contributed by atoms with Crippen LogP contribution in [-0.4, -0.2) is 40.7 Å². The normalized spacial score (nSPS) is 21.2. The van der Waals surface area contributed by atoms with Crippen molar-refractivity contribution in [3.63, 3.8) is 0 Å². The highest BCUT2D eigenvalue weighted by Gasteiger charge is 2.26. The van der Waals surface area contributed by atoms with Gasteiger partial charge in [-0.05, 0) is 45.4 Å². The van der Waals surface area contributed by atoms with Crippen LogP contribution in [0.15, 0.2) is 6.20 Å². The van der Waals surface area contributed by atoms with Crippen LogP contribution in [0.5, 0.6) is 0 Å². The number of nitrogens with zero attached hydrogens (tertiary/aromatic N) is 2. The number of aromatic nitrogens is 2. The third-order valence-electron chi connectivity index (χ3n) is 5.28. The van der Waals surface area contributed by atoms with Crippen LogP contribution in [0.4, 0.5) is 11.8 Å². The monoisotopic (exact) mass is 349 g/mol. The quantitative estimate of drug-likeness (QED) is 0.699. The molecule has 0 atom stereocenters. The van der Waals surface area contributed by atoms with Crippen molar-refractivity contribution >= 4 is 17.7 Å². The zero-order chi connectivity index (χ0) is 18.6. The minimum Gasteiger partial charge on any atom is -0.381 e. The molecule has 1 amide bonds. The lowest BCUT2D eigenvalue weighted by Gasteiger charge is -2.32. The number of methoxy groups -OCH3 is 1. The lowest BCUT2D eigenvalue weighted by atomic mass is 9.90. The molecular formula is C18H31N5O2. The summed E-state index contributed by atoms with van der Waals surface area (Å²) in [7, 11) is 1.76. The molecule has 1 aliphatic rings. The summed E-state index contributed by atoms with van der Waals surface area (Å²) in [6.45, 7) is 8.38. The van der Waals surface area contributed by atoms with Crippen LogP contribution in [0.25, 0.3) is 0 Å². The maximum Gasteiger partial charge on any atom is 0.254 e. The molecule has 2 rings (SSSR count). The van der Waals surface area contributed by atoms with Gasteiger partial charge < -0.3 is 21.1 Å². The van der Waals surface area contributed by atoms with Gasteiger partial charge in [0, 0.05) is 24.9 Å². The molecule has 1 heterocycles. The Morgan fingerprint density at radius 3 is 2.48 bits per heavy atom. The second kappa shape index (κ2) is 7.99. The maximum atomic E-state index is 11.7. The highest BCUT2D eigenvalue weighted by Crippen LogP contribution is 2.26. The summed E-state index contributed by atoms with van der Waals surface area (Å²) in [5.41, 5.74) is 5.56. The van der Waals surface area contributed by atoms with Gasteiger partial charge in [-0.3, -0.25) is 4.79 Å². The Balaban J connectivity index is 2.15. The summed E-state index contributed by atoms with van der Waals surface area (Å²) in [6.07, 6.45) is 5.93. The van der Waals surface area contributed by atoms with Gasteiger partial charge in [-0.2, -0.15) is 4.98 Å². The zero-order valence-electron chi connectivity index (χ0n) is 15.9. The largest absolute Gasteiger partial charge is 0.381 e. The summed E-state index contributed by atoms with van der Waals surface area (Å²) in [5.74, 6) is 0.820. The van der Waals surface area contributed by atoms with Gasteiger partial charge in [-0.15, -0.1) is 0 Å². The SMILES string of the molecule is CO[C@H]1CC[C@H](Nc2ncc(C(N)=O)c(NC(C)(C)C(C)C)n2)CC1. The Bertz CT molecular complexity index is 595. The number of carbonyl (C=O) groups excluding carboxylic acids is 1. The summed E-state index contributed by atoms with van der Waals surface area (Å²) in [4.78, 5) is 20.5. The lowest BCUT2D eigenvalue weighted by molar-refractivity contribution is 0.0681. The van der Waals surface area contributed by atoms with Gasteiger partial charge in [0.05, 0.1) is 11.7 Å². The number of primary amides is 1. The first-order valence-electron chi connectivity index (χ1n) is 8.97. The molecule has 1 fully saturated rings. The molecule has 1 aliphatic carbocycles. The molecule has 25 heavy (non-hydrogen) atoms. The number of carbonyl (C=O) groups is 1. The first kappa shape index (κ1) is 19.4. The molecule has 7 nitrogen and oxygen atoms in total. The third kappa shape index (κ3) is 5.04. The number of rotatable bonds is 7. The van der Waals surface area contributed by atoms with E-state index in [4.69, 9.17) is 10.5 Å². The van der Waals surface area contributed by atoms with Crippen LogP contribution in [0.1, 0.15) is 63.7 Å². The molecule has 1 aromatic heterocycles. The minimum absolute atomic E-state index is 0.230. The third-order valence-corrected chi connectivity index (χ3v) is 5.28. The molecule has 4 N–H and O–H groups in total. The van der Waals surface area contributed by atoms with Crippen molar-refractivity contribution in [2.45, 2.75) is 71.1 Å². The van der Waals surface area contributed by atoms with E-state index in [0.29, 0.717) is 35.4 Å². The molecule has 0 bridgehead atoms. The summed E-state index contributed by atoms with van der Waals surface area (Å²) >= 11 is 0. The van der Waals surface area contributed by atoms with E-state index in [9.17, 15) is 4.79 Å². The van der Waals surface area contributed by atoms with E-state index >= 15 is 0 Å². The highest BCUT2D eigenvalue weighted by atomic mass is 16.5. The smallest absolute Gasteiger partial charge is 0.254 e. The van der Waals surface area contributed by atoms with Crippen LogP contribution >= 0.6 is 0 Å². The van der Waals surface area contributed by atoms with Crippen LogP contribution in [0, 0.1) is 5.92 Å². The standard InChI is InChI=1S/C18H31N5O2/c1-11(2)18(3,4)23-16-14(15(19)24)10-20-17(22-16)21-12-6-8-13(25-5)9-7-12/h10-13H,6-9H2,1-5H3,(H2,19,24)(H2,20,21,22,23)/t12-,13-. The van der Waals surface area contributed by atoms with E-state index in [-0.39, 0.29) is 5.54 Å². The Morgan fingerprint density at radius 2 is 1.96 bits per heavy atom. The summed E-state index contributed by atoms with van der Waals surface area (Å²) in [6, 6.07) is 0.316. The highest BCUT2D eigenvalue weighted by molar-refractivity contribution is 5.97. The molecular weight excluding hydrogens is 318 g/mol. The van der Waals surface area contributed by atoms with Crippen LogP contribution < -0.4 is 16.4 Å². The molecule has 0 unspecified atom stereocenters. The Kier molecular flexibility index (Phi) is 6.21. The van der Waals surface area contributed by atoms with Gasteiger partial charge in [0.25, 0.3) is 5.91 Å². The Hall–Kier alpha value is -1.89. The van der Waals surface area contributed by atoms with Crippen molar-refractivity contribution in [3.8, 4) is 0 Å². The average molecular weight is 349 g/mol. The lowest BCUT2D eigenvalue weighted by Crippen LogP contribution is -2.38. The molecule has 140 valence electrons. The maximum absolute atomic E-state index is 11.7. The van der Waals surface area contributed by atoms with Gasteiger partial charge in [0.2, 0.25) is 5.95 Å². The van der Waals surface area contributed by atoms with E-state index in [1.807, 2.05) is 0 Å². The Morgan fingerprint density at radius 1 is 1.32 bits per heavy atom. The topological polar surface area (TPSA) is 102 Å². The van der Waals surface area contributed by atoms with Crippen LogP contribution in [0.3, 0.4) is 0 Å². The van der Waals surface area contributed by atoms with E-state index in [1.165, 1.54) is 6.20 Å². The molecule has 7 heteroatoms. The van der Waals surface area contributed by atoms with Crippen molar-refractivity contribution < 1.29 is 9.53 Å². The number of anilines is 2. The van der Waals surface area contributed by atoms with E-state index in [1.54, 1.807) is 7.11 Å². The fraction of sp³-hybridized carbons (Fsp3) is 0.722. The van der Waals surface area contributed by atoms with Crippen LogP contribution in [-0.2, 0) is 4.74 Å². The molecule has 0 spiro atoms. The molecule has 0 radical (unpaired) electrons. The number of ether oxygens (including phenoxy) is 1. The number of hydrogen-bond donors (Lipinski definition) is 3. The number of nitrogens with two attached hydrogens (primary N) is 1. The second-order valence-corrected chi connectivity index (χ2v) is 7.68. The number of amides is 1. The first-order chi connectivity index (χ1) is 11.7. The van der Waals surface area contributed by atoms with Gasteiger partial charge >= 0.3 is 0 Å². The Labute approximate surface area is 150 Å². The first-order valence-corrected chi connectivity index (χ1v) is 8.97. The molecule has 0 aliphatic heterocycles.